The number of nitrogens with zero attached hydrogens (tertiary/aromatic N) is 4. The molecule has 106 valence electrons. The number of carboxylic acid groups (broad SMARTS) is 1. The quantitative estimate of drug-likeness (QED) is 0.852. The van der Waals surface area contributed by atoms with Gasteiger partial charge in [0.05, 0.1) is 5.69 Å². The summed E-state index contributed by atoms with van der Waals surface area (Å²) in [6.45, 7) is 5.39. The van der Waals surface area contributed by atoms with Gasteiger partial charge in [-0.05, 0) is 13.5 Å². The largest absolute Gasteiger partial charge is 0.480 e. The van der Waals surface area contributed by atoms with Crippen molar-refractivity contribution >= 4 is 5.97 Å². The first-order chi connectivity index (χ1) is 9.02. The van der Waals surface area contributed by atoms with Gasteiger partial charge in [0.15, 0.2) is 0 Å². The summed E-state index contributed by atoms with van der Waals surface area (Å²) < 4.78 is 1.71. The van der Waals surface area contributed by atoms with Crippen LogP contribution in [0.25, 0.3) is 0 Å². The van der Waals surface area contributed by atoms with Gasteiger partial charge in [0.2, 0.25) is 0 Å². The van der Waals surface area contributed by atoms with Gasteiger partial charge < -0.3 is 10.0 Å². The number of likely N-dealkylation sites (N-methyl/N-ethyl adjacent to an activating group) is 1. The number of aliphatic carboxylic acids is 1. The Bertz CT molecular complexity index is 449. The van der Waals surface area contributed by atoms with E-state index in [2.05, 4.69) is 17.0 Å². The maximum absolute atomic E-state index is 11.7. The Balaban J connectivity index is 2.27. The fourth-order valence-electron chi connectivity index (χ4n) is 2.62. The molecule has 19 heavy (non-hydrogen) atoms. The lowest BCUT2D eigenvalue weighted by atomic mass is 10.0. The van der Waals surface area contributed by atoms with Crippen LogP contribution < -0.4 is 0 Å². The van der Waals surface area contributed by atoms with Gasteiger partial charge in [-0.15, -0.1) is 0 Å². The van der Waals surface area contributed by atoms with Crippen LogP contribution in [-0.2, 0) is 18.3 Å². The maximum atomic E-state index is 11.7. The van der Waals surface area contributed by atoms with Gasteiger partial charge in [0, 0.05) is 45.0 Å². The zero-order valence-electron chi connectivity index (χ0n) is 11.8. The Morgan fingerprint density at radius 2 is 2.00 bits per heavy atom. The molecule has 1 aliphatic rings. The summed E-state index contributed by atoms with van der Waals surface area (Å²) in [7, 11) is 3.90. The van der Waals surface area contributed by atoms with Gasteiger partial charge in [-0.3, -0.25) is 14.4 Å². The molecule has 0 aromatic carbocycles. The van der Waals surface area contributed by atoms with Crippen LogP contribution in [0, 0.1) is 0 Å². The normalized spacial score (nSPS) is 19.5. The third-order valence-electron chi connectivity index (χ3n) is 3.70. The van der Waals surface area contributed by atoms with E-state index < -0.39 is 12.0 Å². The van der Waals surface area contributed by atoms with Crippen molar-refractivity contribution in [3.05, 3.63) is 17.5 Å². The minimum atomic E-state index is -0.785. The van der Waals surface area contributed by atoms with Crippen molar-refractivity contribution < 1.29 is 9.90 Å². The molecule has 1 fully saturated rings. The van der Waals surface area contributed by atoms with E-state index in [0.717, 1.165) is 43.9 Å². The van der Waals surface area contributed by atoms with Crippen LogP contribution in [0.15, 0.2) is 6.20 Å². The van der Waals surface area contributed by atoms with Gasteiger partial charge in [-0.25, -0.2) is 0 Å². The Morgan fingerprint density at radius 3 is 2.53 bits per heavy atom. The molecule has 0 radical (unpaired) electrons. The van der Waals surface area contributed by atoms with Crippen LogP contribution in [-0.4, -0.2) is 63.9 Å². The highest BCUT2D eigenvalue weighted by Gasteiger charge is 2.32. The van der Waals surface area contributed by atoms with Gasteiger partial charge in [0.1, 0.15) is 6.04 Å². The van der Waals surface area contributed by atoms with Crippen molar-refractivity contribution in [1.82, 2.24) is 19.6 Å². The Morgan fingerprint density at radius 1 is 1.37 bits per heavy atom. The lowest BCUT2D eigenvalue weighted by Gasteiger charge is -2.36. The molecule has 0 spiro atoms. The molecule has 2 rings (SSSR count). The van der Waals surface area contributed by atoms with Crippen LogP contribution in [0.3, 0.4) is 0 Å². The summed E-state index contributed by atoms with van der Waals surface area (Å²) in [6.07, 6.45) is 2.60. The Labute approximate surface area is 113 Å². The number of aryl methyl sites for hydroxylation is 2. The van der Waals surface area contributed by atoms with Crippen molar-refractivity contribution in [2.75, 3.05) is 33.2 Å². The number of hydrogen-bond acceptors (Lipinski definition) is 4. The molecule has 6 nitrogen and oxygen atoms in total. The lowest BCUT2D eigenvalue weighted by molar-refractivity contribution is -0.144. The maximum Gasteiger partial charge on any atom is 0.325 e. The highest BCUT2D eigenvalue weighted by atomic mass is 16.4. The van der Waals surface area contributed by atoms with Crippen molar-refractivity contribution in [3.8, 4) is 0 Å². The van der Waals surface area contributed by atoms with E-state index in [1.54, 1.807) is 4.68 Å². The van der Waals surface area contributed by atoms with Crippen molar-refractivity contribution in [3.63, 3.8) is 0 Å². The number of rotatable bonds is 4. The van der Waals surface area contributed by atoms with E-state index in [0.29, 0.717) is 0 Å². The van der Waals surface area contributed by atoms with E-state index in [1.807, 2.05) is 25.1 Å². The second-order valence-corrected chi connectivity index (χ2v) is 5.14. The van der Waals surface area contributed by atoms with E-state index in [4.69, 9.17) is 0 Å². The molecule has 1 saturated heterocycles. The number of carbonyl (C=O) groups is 1. The van der Waals surface area contributed by atoms with Gasteiger partial charge in [-0.2, -0.15) is 5.10 Å². The summed E-state index contributed by atoms with van der Waals surface area (Å²) in [4.78, 5) is 15.9. The summed E-state index contributed by atoms with van der Waals surface area (Å²) in [6, 6.07) is -0.572. The third kappa shape index (κ3) is 2.96. The van der Waals surface area contributed by atoms with Crippen molar-refractivity contribution in [1.29, 1.82) is 0 Å². The van der Waals surface area contributed by atoms with Crippen molar-refractivity contribution in [2.24, 2.45) is 7.05 Å². The molecule has 1 aromatic rings. The summed E-state index contributed by atoms with van der Waals surface area (Å²) >= 11 is 0. The molecule has 1 unspecified atom stereocenters. The summed E-state index contributed by atoms with van der Waals surface area (Å²) in [5, 5.41) is 13.9. The first-order valence-electron chi connectivity index (χ1n) is 6.70. The fourth-order valence-corrected chi connectivity index (χ4v) is 2.62. The summed E-state index contributed by atoms with van der Waals surface area (Å²) in [5.74, 6) is -0.785. The monoisotopic (exact) mass is 266 g/mol. The zero-order valence-corrected chi connectivity index (χ0v) is 11.8. The van der Waals surface area contributed by atoms with Crippen LogP contribution in [0.1, 0.15) is 24.2 Å². The predicted octanol–water partition coefficient (Wildman–Crippen LogP) is 0.356. The molecule has 0 bridgehead atoms. The Kier molecular flexibility index (Phi) is 4.21. The second-order valence-electron chi connectivity index (χ2n) is 5.14. The second kappa shape index (κ2) is 5.71. The fraction of sp³-hybridized carbons (Fsp3) is 0.692. The topological polar surface area (TPSA) is 61.6 Å². The molecule has 0 aliphatic carbocycles. The third-order valence-corrected chi connectivity index (χ3v) is 3.70. The molecule has 1 N–H and O–H groups in total. The average Bonchev–Trinajstić information content (AvgIpc) is 2.72. The van der Waals surface area contributed by atoms with E-state index in [1.165, 1.54) is 0 Å². The molecular weight excluding hydrogens is 244 g/mol. The molecule has 0 saturated carbocycles. The number of hydrogen-bond donors (Lipinski definition) is 1. The summed E-state index contributed by atoms with van der Waals surface area (Å²) in [5.41, 5.74) is 1.72. The molecule has 0 amide bonds. The first-order valence-corrected chi connectivity index (χ1v) is 6.70. The van der Waals surface area contributed by atoms with Gasteiger partial charge in [-0.1, -0.05) is 6.92 Å². The number of carboxylic acids is 1. The Hall–Kier alpha value is -1.40. The SMILES string of the molecule is CCc1nn(C)cc1C(C(=O)O)N1CCN(C)CC1. The highest BCUT2D eigenvalue weighted by molar-refractivity contribution is 5.76. The van der Waals surface area contributed by atoms with Crippen molar-refractivity contribution in [2.45, 2.75) is 19.4 Å². The smallest absolute Gasteiger partial charge is 0.325 e. The van der Waals surface area contributed by atoms with E-state index in [9.17, 15) is 9.90 Å². The predicted molar refractivity (Wildman–Crippen MR) is 72.0 cm³/mol. The minimum Gasteiger partial charge on any atom is -0.480 e. The minimum absolute atomic E-state index is 0.572. The molecule has 6 heteroatoms. The highest BCUT2D eigenvalue weighted by Crippen LogP contribution is 2.25. The number of aromatic nitrogens is 2. The van der Waals surface area contributed by atoms with Gasteiger partial charge in [0.25, 0.3) is 0 Å². The molecule has 1 aromatic heterocycles. The molecule has 2 heterocycles. The molecule has 1 aliphatic heterocycles. The molecule has 1 atom stereocenters. The zero-order chi connectivity index (χ0) is 14.0. The van der Waals surface area contributed by atoms with E-state index in [-0.39, 0.29) is 0 Å². The first kappa shape index (κ1) is 14.0. The average molecular weight is 266 g/mol. The van der Waals surface area contributed by atoms with Crippen LogP contribution in [0.2, 0.25) is 0 Å². The van der Waals surface area contributed by atoms with Crippen LogP contribution in [0.4, 0.5) is 0 Å². The standard InChI is InChI=1S/C13H22N4O2/c1-4-11-10(9-16(3)14-11)12(13(18)19)17-7-5-15(2)6-8-17/h9,12H,4-8H2,1-3H3,(H,18,19). The van der Waals surface area contributed by atoms with Gasteiger partial charge >= 0.3 is 5.97 Å². The number of piperazine rings is 1. The lowest BCUT2D eigenvalue weighted by Crippen LogP contribution is -2.47. The van der Waals surface area contributed by atoms with E-state index >= 15 is 0 Å². The van der Waals surface area contributed by atoms with Crippen LogP contribution >= 0.6 is 0 Å². The molecular formula is C13H22N4O2. The van der Waals surface area contributed by atoms with Crippen LogP contribution in [0.5, 0.6) is 0 Å².